The number of rotatable bonds is 3. The topological polar surface area (TPSA) is 111 Å². The molecule has 2 rings (SSSR count). The first-order chi connectivity index (χ1) is 8.49. The average Bonchev–Trinajstić information content (AvgIpc) is 2.77. The predicted molar refractivity (Wildman–Crippen MR) is 69.3 cm³/mol. The van der Waals surface area contributed by atoms with E-state index in [1.54, 1.807) is 6.07 Å². The molecule has 1 fully saturated rings. The second-order valence-corrected chi connectivity index (χ2v) is 4.68. The van der Waals surface area contributed by atoms with Gasteiger partial charge in [-0.05, 0) is 25.3 Å². The molecule has 0 saturated carbocycles. The van der Waals surface area contributed by atoms with E-state index in [1.165, 1.54) is 6.07 Å². The van der Waals surface area contributed by atoms with Crippen LogP contribution in [0.3, 0.4) is 0 Å². The summed E-state index contributed by atoms with van der Waals surface area (Å²) in [5.41, 5.74) is 11.3. The van der Waals surface area contributed by atoms with Crippen LogP contribution in [0.4, 0.5) is 17.3 Å². The summed E-state index contributed by atoms with van der Waals surface area (Å²) in [6.07, 6.45) is 1.01. The maximum Gasteiger partial charge on any atom is 0.311 e. The molecule has 2 atom stereocenters. The molecule has 1 aliphatic heterocycles. The van der Waals surface area contributed by atoms with Gasteiger partial charge < -0.3 is 16.4 Å². The lowest BCUT2D eigenvalue weighted by Crippen LogP contribution is -2.30. The van der Waals surface area contributed by atoms with E-state index in [0.717, 1.165) is 19.5 Å². The van der Waals surface area contributed by atoms with Crippen LogP contribution in [0.25, 0.3) is 0 Å². The van der Waals surface area contributed by atoms with Gasteiger partial charge in [0, 0.05) is 25.2 Å². The van der Waals surface area contributed by atoms with Gasteiger partial charge in [0.2, 0.25) is 5.82 Å². The summed E-state index contributed by atoms with van der Waals surface area (Å²) in [6, 6.07) is 3.18. The van der Waals surface area contributed by atoms with Crippen LogP contribution in [0.1, 0.15) is 13.3 Å². The van der Waals surface area contributed by atoms with Crippen molar-refractivity contribution in [3.63, 3.8) is 0 Å². The van der Waals surface area contributed by atoms with Gasteiger partial charge in [-0.3, -0.25) is 10.1 Å². The highest BCUT2D eigenvalue weighted by Crippen LogP contribution is 2.27. The number of hydrogen-bond acceptors (Lipinski definition) is 6. The van der Waals surface area contributed by atoms with Gasteiger partial charge in [-0.25, -0.2) is 4.98 Å². The highest BCUT2D eigenvalue weighted by atomic mass is 16.6. The van der Waals surface area contributed by atoms with Crippen molar-refractivity contribution < 1.29 is 4.92 Å². The van der Waals surface area contributed by atoms with E-state index in [0.29, 0.717) is 11.7 Å². The van der Waals surface area contributed by atoms with Gasteiger partial charge in [-0.2, -0.15) is 0 Å². The van der Waals surface area contributed by atoms with Crippen molar-refractivity contribution in [1.29, 1.82) is 0 Å². The Kier molecular flexibility index (Phi) is 3.33. The summed E-state index contributed by atoms with van der Waals surface area (Å²) in [7, 11) is 0. The van der Waals surface area contributed by atoms with E-state index in [1.807, 2.05) is 6.92 Å². The minimum atomic E-state index is -0.527. The van der Waals surface area contributed by atoms with Crippen LogP contribution >= 0.6 is 0 Å². The lowest BCUT2D eigenvalue weighted by atomic mass is 10.0. The number of nitrogens with two attached hydrogens (primary N) is 2. The Bertz CT molecular complexity index is 463. The molecule has 1 aliphatic rings. The zero-order chi connectivity index (χ0) is 13.3. The molecule has 1 aromatic heterocycles. The second-order valence-electron chi connectivity index (χ2n) is 4.68. The molecule has 0 radical (unpaired) electrons. The van der Waals surface area contributed by atoms with Crippen LogP contribution in [-0.2, 0) is 0 Å². The van der Waals surface area contributed by atoms with Crippen LogP contribution in [0.2, 0.25) is 0 Å². The highest BCUT2D eigenvalue weighted by Gasteiger charge is 2.26. The molecule has 0 aliphatic carbocycles. The molecule has 2 unspecified atom stereocenters. The van der Waals surface area contributed by atoms with Crippen molar-refractivity contribution in [3.05, 3.63) is 22.2 Å². The minimum Gasteiger partial charge on any atom is -0.378 e. The summed E-state index contributed by atoms with van der Waals surface area (Å²) >= 11 is 0. The summed E-state index contributed by atoms with van der Waals surface area (Å²) < 4.78 is 0. The van der Waals surface area contributed by atoms with Crippen molar-refractivity contribution in [2.45, 2.75) is 19.4 Å². The Balaban J connectivity index is 2.16. The molecule has 0 amide bonds. The van der Waals surface area contributed by atoms with Gasteiger partial charge in [0.15, 0.2) is 0 Å². The SMILES string of the molecule is CC(N)C1CCN(c2ccc([N+](=O)[O-])c(N)n2)C1. The van der Waals surface area contributed by atoms with Gasteiger partial charge in [0.1, 0.15) is 5.82 Å². The van der Waals surface area contributed by atoms with Crippen molar-refractivity contribution in [2.24, 2.45) is 11.7 Å². The normalized spacial score (nSPS) is 21.0. The molecule has 0 bridgehead atoms. The number of hydrogen-bond donors (Lipinski definition) is 2. The Morgan fingerprint density at radius 2 is 2.33 bits per heavy atom. The zero-order valence-corrected chi connectivity index (χ0v) is 10.2. The van der Waals surface area contributed by atoms with Crippen molar-refractivity contribution in [3.8, 4) is 0 Å². The molecule has 98 valence electrons. The monoisotopic (exact) mass is 251 g/mol. The smallest absolute Gasteiger partial charge is 0.311 e. The van der Waals surface area contributed by atoms with Crippen LogP contribution < -0.4 is 16.4 Å². The van der Waals surface area contributed by atoms with Crippen LogP contribution in [0.15, 0.2) is 12.1 Å². The summed E-state index contributed by atoms with van der Waals surface area (Å²) in [6.45, 7) is 3.67. The largest absolute Gasteiger partial charge is 0.378 e. The number of aromatic nitrogens is 1. The van der Waals surface area contributed by atoms with Crippen molar-refractivity contribution >= 4 is 17.3 Å². The molecule has 7 heteroatoms. The van der Waals surface area contributed by atoms with Crippen molar-refractivity contribution in [2.75, 3.05) is 23.7 Å². The first kappa shape index (κ1) is 12.6. The lowest BCUT2D eigenvalue weighted by Gasteiger charge is -2.19. The van der Waals surface area contributed by atoms with Crippen LogP contribution in [0, 0.1) is 16.0 Å². The quantitative estimate of drug-likeness (QED) is 0.605. The Morgan fingerprint density at radius 3 is 2.83 bits per heavy atom. The minimum absolute atomic E-state index is 0.0400. The predicted octanol–water partition coefficient (Wildman–Crippen LogP) is 0.746. The molecule has 2 heterocycles. The number of nitrogen functional groups attached to an aromatic ring is 1. The molecule has 18 heavy (non-hydrogen) atoms. The van der Waals surface area contributed by atoms with Gasteiger partial charge in [-0.15, -0.1) is 0 Å². The number of nitro groups is 1. The zero-order valence-electron chi connectivity index (χ0n) is 10.2. The summed E-state index contributed by atoms with van der Waals surface area (Å²) in [5.74, 6) is 1.08. The first-order valence-electron chi connectivity index (χ1n) is 5.90. The number of nitrogens with zero attached hydrogens (tertiary/aromatic N) is 3. The van der Waals surface area contributed by atoms with E-state index in [-0.39, 0.29) is 17.5 Å². The molecular formula is C11H17N5O2. The third-order valence-corrected chi connectivity index (χ3v) is 3.38. The Labute approximate surface area is 105 Å². The van der Waals surface area contributed by atoms with Gasteiger partial charge in [-0.1, -0.05) is 0 Å². The molecule has 0 spiro atoms. The third kappa shape index (κ3) is 2.35. The fourth-order valence-corrected chi connectivity index (χ4v) is 2.21. The maximum atomic E-state index is 10.7. The standard InChI is InChI=1S/C11H17N5O2/c1-7(12)8-4-5-15(6-8)10-3-2-9(16(17)18)11(13)14-10/h2-3,7-8H,4-6,12H2,1H3,(H2,13,14). The van der Waals surface area contributed by atoms with E-state index >= 15 is 0 Å². The fourth-order valence-electron chi connectivity index (χ4n) is 2.21. The summed E-state index contributed by atoms with van der Waals surface area (Å²) in [5, 5.41) is 10.7. The molecular weight excluding hydrogens is 234 g/mol. The van der Waals surface area contributed by atoms with Crippen LogP contribution in [0.5, 0.6) is 0 Å². The lowest BCUT2D eigenvalue weighted by molar-refractivity contribution is -0.384. The number of anilines is 2. The molecule has 0 aromatic carbocycles. The molecule has 4 N–H and O–H groups in total. The average molecular weight is 251 g/mol. The van der Waals surface area contributed by atoms with E-state index < -0.39 is 4.92 Å². The number of pyridine rings is 1. The third-order valence-electron chi connectivity index (χ3n) is 3.38. The highest BCUT2D eigenvalue weighted by molar-refractivity contribution is 5.58. The van der Waals surface area contributed by atoms with Gasteiger partial charge in [0.25, 0.3) is 0 Å². The van der Waals surface area contributed by atoms with Gasteiger partial charge >= 0.3 is 5.69 Å². The van der Waals surface area contributed by atoms with E-state index in [9.17, 15) is 10.1 Å². The molecule has 1 saturated heterocycles. The van der Waals surface area contributed by atoms with E-state index in [2.05, 4.69) is 9.88 Å². The first-order valence-corrected chi connectivity index (χ1v) is 5.90. The molecule has 1 aromatic rings. The summed E-state index contributed by atoms with van der Waals surface area (Å²) in [4.78, 5) is 16.3. The van der Waals surface area contributed by atoms with Gasteiger partial charge in [0.05, 0.1) is 4.92 Å². The van der Waals surface area contributed by atoms with Crippen molar-refractivity contribution in [1.82, 2.24) is 4.98 Å². The van der Waals surface area contributed by atoms with Crippen LogP contribution in [-0.4, -0.2) is 29.0 Å². The second kappa shape index (κ2) is 4.77. The Hall–Kier alpha value is -1.89. The molecule has 7 nitrogen and oxygen atoms in total. The van der Waals surface area contributed by atoms with E-state index in [4.69, 9.17) is 11.5 Å². The fraction of sp³-hybridized carbons (Fsp3) is 0.545. The maximum absolute atomic E-state index is 10.7. The Morgan fingerprint density at radius 1 is 1.61 bits per heavy atom.